The van der Waals surface area contributed by atoms with Gasteiger partial charge in [0.25, 0.3) is 0 Å². The lowest BCUT2D eigenvalue weighted by Gasteiger charge is -2.10. The number of halogens is 3. The Morgan fingerprint density at radius 2 is 1.79 bits per heavy atom. The largest absolute Gasteiger partial charge is 0.573 e. The number of aliphatic carboxylic acids is 1. The van der Waals surface area contributed by atoms with Crippen LogP contribution in [0, 0.1) is 6.92 Å². The lowest BCUT2D eigenvalue weighted by atomic mass is 10.2. The smallest absolute Gasteiger partial charge is 0.494 e. The van der Waals surface area contributed by atoms with E-state index in [9.17, 15) is 18.0 Å². The van der Waals surface area contributed by atoms with Crippen molar-refractivity contribution in [2.24, 2.45) is 0 Å². The monoisotopic (exact) mass is 481 g/mol. The minimum Gasteiger partial charge on any atom is -0.494 e. The maximum Gasteiger partial charge on any atom is 0.573 e. The molecule has 0 unspecified atom stereocenters. The Bertz CT molecular complexity index is 1070. The maximum absolute atomic E-state index is 12.3. The molecule has 0 aliphatic carbocycles. The third kappa shape index (κ3) is 7.98. The molecule has 10 heteroatoms. The van der Waals surface area contributed by atoms with E-state index in [0.717, 1.165) is 35.4 Å². The molecule has 3 rings (SSSR count). The highest BCUT2D eigenvalue weighted by Gasteiger charge is 2.31. The number of carbonyl (C=O) groups is 1. The van der Waals surface area contributed by atoms with E-state index in [4.69, 9.17) is 14.6 Å². The highest BCUT2D eigenvalue weighted by molar-refractivity contribution is 7.09. The standard InChI is InChI=1S/C23H22F3NO5S/c1-15-12-18(9-10-20(15)31-13-22(28)29)30-11-3-2-4-21-27-19(14-33-21)16-5-7-17(8-6-16)32-23(24,25)26/h5-10,12,14H,2-4,11,13H2,1H3,(H,28,29). The first kappa shape index (κ1) is 24.4. The Labute approximate surface area is 192 Å². The lowest BCUT2D eigenvalue weighted by Crippen LogP contribution is -2.16. The topological polar surface area (TPSA) is 77.9 Å². The predicted octanol–water partition coefficient (Wildman–Crippen LogP) is 5.88. The Morgan fingerprint density at radius 1 is 1.06 bits per heavy atom. The van der Waals surface area contributed by atoms with Crippen molar-refractivity contribution in [1.82, 2.24) is 4.98 Å². The first-order chi connectivity index (χ1) is 15.7. The third-order valence-electron chi connectivity index (χ3n) is 4.49. The number of aryl methyl sites for hydroxylation is 2. The normalized spacial score (nSPS) is 11.3. The molecular formula is C23H22F3NO5S. The van der Waals surface area contributed by atoms with E-state index in [1.54, 1.807) is 30.3 Å². The van der Waals surface area contributed by atoms with E-state index < -0.39 is 18.9 Å². The van der Waals surface area contributed by atoms with E-state index in [1.165, 1.54) is 23.5 Å². The van der Waals surface area contributed by atoms with E-state index in [-0.39, 0.29) is 5.75 Å². The summed E-state index contributed by atoms with van der Waals surface area (Å²) < 4.78 is 51.6. The molecule has 0 fully saturated rings. The molecule has 1 heterocycles. The van der Waals surface area contributed by atoms with Gasteiger partial charge in [0.05, 0.1) is 17.3 Å². The fourth-order valence-corrected chi connectivity index (χ4v) is 3.82. The van der Waals surface area contributed by atoms with Gasteiger partial charge in [0.2, 0.25) is 0 Å². The quantitative estimate of drug-likeness (QED) is 0.345. The minimum atomic E-state index is -4.71. The van der Waals surface area contributed by atoms with Crippen molar-refractivity contribution in [2.45, 2.75) is 32.5 Å². The zero-order chi connectivity index (χ0) is 23.8. The summed E-state index contributed by atoms with van der Waals surface area (Å²) in [7, 11) is 0. The molecule has 0 atom stereocenters. The maximum atomic E-state index is 12.3. The Hall–Kier alpha value is -3.27. The van der Waals surface area contributed by atoms with Crippen molar-refractivity contribution in [2.75, 3.05) is 13.2 Å². The number of hydrogen-bond acceptors (Lipinski definition) is 6. The fraction of sp³-hybridized carbons (Fsp3) is 0.304. The third-order valence-corrected chi connectivity index (χ3v) is 5.40. The first-order valence-corrected chi connectivity index (χ1v) is 11.0. The number of hydrogen-bond donors (Lipinski definition) is 1. The minimum absolute atomic E-state index is 0.265. The highest BCUT2D eigenvalue weighted by Crippen LogP contribution is 2.28. The molecule has 176 valence electrons. The van der Waals surface area contributed by atoms with Gasteiger partial charge in [-0.2, -0.15) is 0 Å². The average Bonchev–Trinajstić information content (AvgIpc) is 3.21. The van der Waals surface area contributed by atoms with Crippen LogP contribution < -0.4 is 14.2 Å². The van der Waals surface area contributed by atoms with Crippen molar-refractivity contribution in [3.8, 4) is 28.5 Å². The second-order valence-electron chi connectivity index (χ2n) is 7.11. The molecule has 0 amide bonds. The lowest BCUT2D eigenvalue weighted by molar-refractivity contribution is -0.274. The van der Waals surface area contributed by atoms with Crippen LogP contribution in [0.1, 0.15) is 23.4 Å². The molecule has 0 radical (unpaired) electrons. The summed E-state index contributed by atoms with van der Waals surface area (Å²) in [6.07, 6.45) is -2.26. The van der Waals surface area contributed by atoms with Crippen LogP contribution >= 0.6 is 11.3 Å². The predicted molar refractivity (Wildman–Crippen MR) is 117 cm³/mol. The molecule has 0 aliphatic heterocycles. The summed E-state index contributed by atoms with van der Waals surface area (Å²) in [4.78, 5) is 15.1. The second kappa shape index (κ2) is 11.0. The van der Waals surface area contributed by atoms with Gasteiger partial charge >= 0.3 is 12.3 Å². The highest BCUT2D eigenvalue weighted by atomic mass is 32.1. The van der Waals surface area contributed by atoms with Gasteiger partial charge in [0.1, 0.15) is 17.2 Å². The summed E-state index contributed by atoms with van der Waals surface area (Å²) in [6.45, 7) is 1.95. The van der Waals surface area contributed by atoms with Crippen LogP contribution in [0.3, 0.4) is 0 Å². The summed E-state index contributed by atoms with van der Waals surface area (Å²) in [5.41, 5.74) is 2.23. The van der Waals surface area contributed by atoms with Crippen molar-refractivity contribution in [3.63, 3.8) is 0 Å². The zero-order valence-electron chi connectivity index (χ0n) is 17.7. The molecule has 2 aromatic carbocycles. The average molecular weight is 481 g/mol. The van der Waals surface area contributed by atoms with Gasteiger partial charge in [-0.15, -0.1) is 24.5 Å². The SMILES string of the molecule is Cc1cc(OCCCCc2nc(-c3ccc(OC(F)(F)F)cc3)cs2)ccc1OCC(=O)O. The van der Waals surface area contributed by atoms with Crippen LogP contribution in [0.15, 0.2) is 47.8 Å². The number of alkyl halides is 3. The molecule has 6 nitrogen and oxygen atoms in total. The number of ether oxygens (including phenoxy) is 3. The van der Waals surface area contributed by atoms with Gasteiger partial charge in [0, 0.05) is 10.9 Å². The fourth-order valence-electron chi connectivity index (χ4n) is 2.97. The molecule has 0 bridgehead atoms. The number of rotatable bonds is 11. The van der Waals surface area contributed by atoms with Gasteiger partial charge in [-0.1, -0.05) is 0 Å². The number of benzene rings is 2. The molecule has 0 spiro atoms. The molecular weight excluding hydrogens is 459 g/mol. The molecule has 1 aromatic heterocycles. The molecule has 1 N–H and O–H groups in total. The van der Waals surface area contributed by atoms with Crippen molar-refractivity contribution in [3.05, 3.63) is 58.4 Å². The summed E-state index contributed by atoms with van der Waals surface area (Å²) >= 11 is 1.50. The van der Waals surface area contributed by atoms with Gasteiger partial charge in [0.15, 0.2) is 6.61 Å². The summed E-state index contributed by atoms with van der Waals surface area (Å²) in [5.74, 6) is -0.105. The molecule has 33 heavy (non-hydrogen) atoms. The van der Waals surface area contributed by atoms with E-state index in [0.29, 0.717) is 23.8 Å². The zero-order valence-corrected chi connectivity index (χ0v) is 18.5. The van der Waals surface area contributed by atoms with Crippen LogP contribution in [0.5, 0.6) is 17.2 Å². The first-order valence-electron chi connectivity index (χ1n) is 10.1. The molecule has 3 aromatic rings. The van der Waals surface area contributed by atoms with Crippen molar-refractivity contribution in [1.29, 1.82) is 0 Å². The van der Waals surface area contributed by atoms with Crippen molar-refractivity contribution < 1.29 is 37.3 Å². The van der Waals surface area contributed by atoms with Gasteiger partial charge < -0.3 is 19.3 Å². The number of carboxylic acids is 1. The van der Waals surface area contributed by atoms with E-state index in [1.807, 2.05) is 12.3 Å². The second-order valence-corrected chi connectivity index (χ2v) is 8.06. The number of aromatic nitrogens is 1. The van der Waals surface area contributed by atoms with E-state index >= 15 is 0 Å². The van der Waals surface area contributed by atoms with Gasteiger partial charge in [-0.3, -0.25) is 0 Å². The van der Waals surface area contributed by atoms with Crippen LogP contribution in [0.25, 0.3) is 11.3 Å². The summed E-state index contributed by atoms with van der Waals surface area (Å²) in [5, 5.41) is 11.5. The van der Waals surface area contributed by atoms with Crippen LogP contribution in [0.2, 0.25) is 0 Å². The number of thiazole rings is 1. The molecule has 0 saturated carbocycles. The number of carboxylic acid groups (broad SMARTS) is 1. The van der Waals surface area contributed by atoms with Crippen molar-refractivity contribution >= 4 is 17.3 Å². The molecule has 0 aliphatic rings. The van der Waals surface area contributed by atoms with Gasteiger partial charge in [-0.25, -0.2) is 9.78 Å². The van der Waals surface area contributed by atoms with Crippen LogP contribution in [0.4, 0.5) is 13.2 Å². The molecule has 0 saturated heterocycles. The Morgan fingerprint density at radius 3 is 2.45 bits per heavy atom. The number of nitrogens with zero attached hydrogens (tertiary/aromatic N) is 1. The Balaban J connectivity index is 1.41. The van der Waals surface area contributed by atoms with Crippen LogP contribution in [-0.4, -0.2) is 35.6 Å². The van der Waals surface area contributed by atoms with E-state index in [2.05, 4.69) is 9.72 Å². The van der Waals surface area contributed by atoms with Crippen LogP contribution in [-0.2, 0) is 11.2 Å². The van der Waals surface area contributed by atoms with Gasteiger partial charge in [-0.05, 0) is 74.2 Å². The number of unbranched alkanes of at least 4 members (excludes halogenated alkanes) is 1. The summed E-state index contributed by atoms with van der Waals surface area (Å²) in [6, 6.07) is 10.9. The Kier molecular flexibility index (Phi) is 8.16.